The third-order valence-corrected chi connectivity index (χ3v) is 6.41. The van der Waals surface area contributed by atoms with Crippen LogP contribution in [0.1, 0.15) is 41.5 Å². The molecule has 1 saturated heterocycles. The molecule has 2 aliphatic rings. The van der Waals surface area contributed by atoms with Gasteiger partial charge in [-0.3, -0.25) is 0 Å². The molecule has 28 heavy (non-hydrogen) atoms. The molecule has 5 nitrogen and oxygen atoms in total. The maximum absolute atomic E-state index is 9.19. The molecule has 1 aromatic carbocycles. The predicted molar refractivity (Wildman–Crippen MR) is 113 cm³/mol. The lowest BCUT2D eigenvalue weighted by Crippen LogP contribution is -2.49. The van der Waals surface area contributed by atoms with Gasteiger partial charge in [-0.2, -0.15) is 5.26 Å². The molecule has 3 heterocycles. The summed E-state index contributed by atoms with van der Waals surface area (Å²) >= 11 is 6.53. The number of hydrogen-bond donors (Lipinski definition) is 0. The van der Waals surface area contributed by atoms with Gasteiger partial charge in [0.25, 0.3) is 0 Å². The second-order valence-electron chi connectivity index (χ2n) is 8.09. The Morgan fingerprint density at radius 3 is 2.71 bits per heavy atom. The number of fused-ring (bicyclic) bond motifs is 1. The van der Waals surface area contributed by atoms with E-state index in [1.165, 1.54) is 24.9 Å². The molecular weight excluding hydrogens is 370 g/mol. The zero-order chi connectivity index (χ0) is 19.8. The number of likely N-dealkylation sites (tertiary alicyclic amines) is 1. The molecule has 1 aromatic heterocycles. The summed E-state index contributed by atoms with van der Waals surface area (Å²) in [6.07, 6.45) is 4.61. The number of nitrogens with zero attached hydrogens (tertiary/aromatic N) is 5. The number of aromatic nitrogens is 2. The molecule has 2 aliphatic heterocycles. The van der Waals surface area contributed by atoms with Gasteiger partial charge in [-0.15, -0.1) is 10.2 Å². The molecule has 4 rings (SSSR count). The first kappa shape index (κ1) is 19.2. The van der Waals surface area contributed by atoms with Crippen LogP contribution in [0.5, 0.6) is 0 Å². The Morgan fingerprint density at radius 2 is 2.00 bits per heavy atom. The highest BCUT2D eigenvalue weighted by Gasteiger charge is 2.30. The van der Waals surface area contributed by atoms with Crippen molar-refractivity contribution in [2.75, 3.05) is 31.6 Å². The van der Waals surface area contributed by atoms with Crippen LogP contribution in [0.25, 0.3) is 11.3 Å². The number of benzene rings is 1. The van der Waals surface area contributed by atoms with E-state index in [-0.39, 0.29) is 0 Å². The van der Waals surface area contributed by atoms with Gasteiger partial charge in [-0.25, -0.2) is 0 Å². The summed E-state index contributed by atoms with van der Waals surface area (Å²) in [4.78, 5) is 4.89. The van der Waals surface area contributed by atoms with E-state index in [0.717, 1.165) is 54.1 Å². The molecule has 1 atom stereocenters. The molecule has 0 N–H and O–H groups in total. The number of likely N-dealkylation sites (N-methyl/N-ethyl adjacent to an activating group) is 1. The third-order valence-electron chi connectivity index (χ3n) is 6.11. The minimum Gasteiger partial charge on any atom is -0.351 e. The summed E-state index contributed by atoms with van der Waals surface area (Å²) in [5, 5.41) is 19.1. The number of aryl methyl sites for hydroxylation is 1. The Hall–Kier alpha value is -2.16. The van der Waals surface area contributed by atoms with E-state index in [2.05, 4.69) is 34.9 Å². The van der Waals surface area contributed by atoms with Gasteiger partial charge in [0, 0.05) is 30.3 Å². The first-order valence-electron chi connectivity index (χ1n) is 10.0. The van der Waals surface area contributed by atoms with Crippen LogP contribution in [0, 0.1) is 25.2 Å². The second-order valence-corrected chi connectivity index (χ2v) is 8.50. The molecule has 146 valence electrons. The number of halogens is 1. The van der Waals surface area contributed by atoms with Crippen LogP contribution in [0.2, 0.25) is 5.02 Å². The van der Waals surface area contributed by atoms with Crippen LogP contribution in [0.4, 0.5) is 5.82 Å². The number of rotatable bonds is 2. The molecule has 0 saturated carbocycles. The van der Waals surface area contributed by atoms with Crippen molar-refractivity contribution in [1.29, 1.82) is 5.26 Å². The molecule has 2 aromatic rings. The molecule has 0 radical (unpaired) electrons. The summed E-state index contributed by atoms with van der Waals surface area (Å²) in [6.45, 7) is 7.43. The van der Waals surface area contributed by atoms with Gasteiger partial charge in [0.15, 0.2) is 5.82 Å². The molecule has 1 fully saturated rings. The Kier molecular flexibility index (Phi) is 5.27. The zero-order valence-electron chi connectivity index (χ0n) is 16.8. The van der Waals surface area contributed by atoms with E-state index in [1.54, 1.807) is 6.07 Å². The van der Waals surface area contributed by atoms with Crippen molar-refractivity contribution in [2.24, 2.45) is 0 Å². The lowest BCUT2D eigenvalue weighted by atomic mass is 9.93. The van der Waals surface area contributed by atoms with Crippen molar-refractivity contribution in [3.05, 3.63) is 39.4 Å². The minimum absolute atomic E-state index is 0.512. The van der Waals surface area contributed by atoms with Gasteiger partial charge in [0.1, 0.15) is 0 Å². The molecular formula is C22H26ClN5. The number of anilines is 1. The Bertz CT molecular complexity index is 926. The van der Waals surface area contributed by atoms with Crippen LogP contribution in [-0.4, -0.2) is 47.8 Å². The first-order valence-corrected chi connectivity index (χ1v) is 10.4. The fourth-order valence-corrected chi connectivity index (χ4v) is 5.06. The highest BCUT2D eigenvalue weighted by atomic mass is 35.5. The maximum atomic E-state index is 9.19. The van der Waals surface area contributed by atoms with E-state index in [9.17, 15) is 5.26 Å². The zero-order valence-corrected chi connectivity index (χ0v) is 17.6. The quantitative estimate of drug-likeness (QED) is 0.765. The monoisotopic (exact) mass is 395 g/mol. The summed E-state index contributed by atoms with van der Waals surface area (Å²) in [5.74, 6) is 1.05. The molecule has 6 heteroatoms. The van der Waals surface area contributed by atoms with Crippen molar-refractivity contribution >= 4 is 17.4 Å². The summed E-state index contributed by atoms with van der Waals surface area (Å²) in [5.41, 5.74) is 5.72. The van der Waals surface area contributed by atoms with Gasteiger partial charge in [-0.1, -0.05) is 11.6 Å². The Balaban J connectivity index is 1.76. The average molecular weight is 396 g/mol. The van der Waals surface area contributed by atoms with E-state index in [1.807, 2.05) is 13.0 Å². The van der Waals surface area contributed by atoms with Crippen LogP contribution < -0.4 is 4.90 Å². The van der Waals surface area contributed by atoms with Crippen LogP contribution in [-0.2, 0) is 6.42 Å². The van der Waals surface area contributed by atoms with E-state index >= 15 is 0 Å². The van der Waals surface area contributed by atoms with Gasteiger partial charge >= 0.3 is 0 Å². The van der Waals surface area contributed by atoms with Crippen molar-refractivity contribution in [2.45, 2.75) is 45.6 Å². The second kappa shape index (κ2) is 7.69. The van der Waals surface area contributed by atoms with Gasteiger partial charge in [-0.05, 0) is 76.4 Å². The van der Waals surface area contributed by atoms with Crippen LogP contribution >= 0.6 is 11.6 Å². The number of piperidine rings is 1. The average Bonchev–Trinajstić information content (AvgIpc) is 2.68. The van der Waals surface area contributed by atoms with Gasteiger partial charge < -0.3 is 9.80 Å². The summed E-state index contributed by atoms with van der Waals surface area (Å²) in [7, 11) is 2.20. The fourth-order valence-electron chi connectivity index (χ4n) is 4.70. The largest absolute Gasteiger partial charge is 0.351 e. The first-order chi connectivity index (χ1) is 13.5. The molecule has 0 unspecified atom stereocenters. The van der Waals surface area contributed by atoms with Crippen molar-refractivity contribution in [3.63, 3.8) is 0 Å². The van der Waals surface area contributed by atoms with E-state index in [0.29, 0.717) is 16.6 Å². The van der Waals surface area contributed by atoms with Crippen molar-refractivity contribution < 1.29 is 0 Å². The molecule has 0 spiro atoms. The van der Waals surface area contributed by atoms with Crippen molar-refractivity contribution in [1.82, 2.24) is 15.1 Å². The maximum Gasteiger partial charge on any atom is 0.155 e. The summed E-state index contributed by atoms with van der Waals surface area (Å²) < 4.78 is 0. The fraction of sp³-hybridized carbons (Fsp3) is 0.500. The lowest BCUT2D eigenvalue weighted by Gasteiger charge is -2.41. The van der Waals surface area contributed by atoms with Gasteiger partial charge in [0.2, 0.25) is 0 Å². The Labute approximate surface area is 171 Å². The third kappa shape index (κ3) is 3.36. The molecule has 0 amide bonds. The molecule has 0 aliphatic carbocycles. The standard InChI is InChI=1S/C22H26ClN5/c1-14-10-16(12-24)11-19(23)20(14)21-15(2)18-7-5-9-28(22(18)26-25-21)17-6-4-8-27(3)13-17/h10-11,17H,4-9,13H2,1-3H3/t17-/m0/s1. The van der Waals surface area contributed by atoms with E-state index < -0.39 is 0 Å². The normalized spacial score (nSPS) is 20.0. The molecule has 0 bridgehead atoms. The van der Waals surface area contributed by atoms with Crippen molar-refractivity contribution in [3.8, 4) is 17.3 Å². The van der Waals surface area contributed by atoms with E-state index in [4.69, 9.17) is 16.7 Å². The highest BCUT2D eigenvalue weighted by Crippen LogP contribution is 2.38. The van der Waals surface area contributed by atoms with Crippen LogP contribution in [0.15, 0.2) is 12.1 Å². The minimum atomic E-state index is 0.512. The lowest BCUT2D eigenvalue weighted by molar-refractivity contribution is 0.242. The summed E-state index contributed by atoms with van der Waals surface area (Å²) in [6, 6.07) is 6.26. The predicted octanol–water partition coefficient (Wildman–Crippen LogP) is 4.13. The Morgan fingerprint density at radius 1 is 1.18 bits per heavy atom. The topological polar surface area (TPSA) is 56.1 Å². The SMILES string of the molecule is Cc1cc(C#N)cc(Cl)c1-c1nnc2c(c1C)CCCN2[C@H]1CCCN(C)C1. The number of hydrogen-bond acceptors (Lipinski definition) is 5. The highest BCUT2D eigenvalue weighted by molar-refractivity contribution is 6.33. The van der Waals surface area contributed by atoms with Gasteiger partial charge in [0.05, 0.1) is 22.3 Å². The van der Waals surface area contributed by atoms with Crippen LogP contribution in [0.3, 0.4) is 0 Å². The number of nitriles is 1. The smallest absolute Gasteiger partial charge is 0.155 e.